The first kappa shape index (κ1) is 58.2. The maximum Gasteiger partial charge on any atom is 2.00 e. The Morgan fingerprint density at radius 1 is 0.365 bits per heavy atom. The van der Waals surface area contributed by atoms with Gasteiger partial charge in [-0.1, -0.05) is 121 Å². The van der Waals surface area contributed by atoms with Crippen molar-refractivity contribution in [3.05, 3.63) is 160 Å². The third kappa shape index (κ3) is 17.2. The molecule has 0 heterocycles. The Kier molecular flexibility index (Phi) is 20.0. The summed E-state index contributed by atoms with van der Waals surface area (Å²) in [5, 5.41) is 5.89. The standard InChI is InChI=1S/C26H24P2.C7F15.C5H5.Co.F6P/c1-5-13-23(14-6-1)27(24-15-7-2-8-16-24)21-22-28(25-17-9-3-10-18-25)26-19-11-4-12-20-26;8-1(9)2(10,11)3(12,13)4(14,15)5(16,17)6(18,19)7(20,21)22;1-2-4-5-3-1;;1-7(2,3,4,5)6/h1-20H,21-22H2;;1-5H;;/q;-1;;+2;-1. The van der Waals surface area contributed by atoms with Crippen molar-refractivity contribution in [2.45, 2.75) is 35.8 Å². The van der Waals surface area contributed by atoms with Gasteiger partial charge in [-0.05, 0) is 81.5 Å². The topological polar surface area (TPSA) is 0 Å². The molecule has 0 amide bonds. The summed E-state index contributed by atoms with van der Waals surface area (Å²) in [6.07, 6.45) is -0.0515. The fraction of sp³-hybridized carbons (Fsp3) is 0.211. The van der Waals surface area contributed by atoms with Crippen molar-refractivity contribution in [1.29, 1.82) is 0 Å². The first-order valence-electron chi connectivity index (χ1n) is 16.7. The number of halogens is 21. The molecule has 0 aliphatic heterocycles. The van der Waals surface area contributed by atoms with E-state index in [1.807, 2.05) is 32.1 Å². The van der Waals surface area contributed by atoms with E-state index in [2.05, 4.69) is 121 Å². The van der Waals surface area contributed by atoms with Crippen molar-refractivity contribution >= 4 is 44.9 Å². The maximum absolute atomic E-state index is 12.6. The monoisotopic (exact) mass is 1040 g/mol. The molecule has 6 radical (unpaired) electrons. The quantitative estimate of drug-likeness (QED) is 0.0754. The molecule has 0 atom stereocenters. The van der Waals surface area contributed by atoms with Gasteiger partial charge < -0.3 is 8.78 Å². The van der Waals surface area contributed by atoms with Crippen LogP contribution in [-0.2, 0) is 16.8 Å². The minimum atomic E-state index is -10.7. The van der Waals surface area contributed by atoms with Crippen molar-refractivity contribution in [3.63, 3.8) is 0 Å². The Morgan fingerprint density at radius 3 is 0.762 bits per heavy atom. The molecule has 0 unspecified atom stereocenters. The molecule has 4 aromatic carbocycles. The molecule has 1 saturated carbocycles. The van der Waals surface area contributed by atoms with Crippen LogP contribution in [-0.4, -0.2) is 48.1 Å². The molecule has 0 saturated heterocycles. The maximum atomic E-state index is 12.6. The summed E-state index contributed by atoms with van der Waals surface area (Å²) in [5.74, 6) is -39.6. The zero-order valence-corrected chi connectivity index (χ0v) is 34.7. The van der Waals surface area contributed by atoms with Gasteiger partial charge in [0, 0.05) is 0 Å². The van der Waals surface area contributed by atoms with Crippen LogP contribution in [0.3, 0.4) is 0 Å². The van der Waals surface area contributed by atoms with E-state index in [-0.39, 0.29) is 32.6 Å². The second kappa shape index (κ2) is 21.7. The summed E-state index contributed by atoms with van der Waals surface area (Å²) in [6.45, 7) is 0. The van der Waals surface area contributed by atoms with E-state index in [0.29, 0.717) is 0 Å². The largest absolute Gasteiger partial charge is 2.00 e. The SMILES string of the molecule is F[C-](F)C(F)(F)C(F)(F)C(F)(F)C(F)(F)C(F)(F)C(F)(F)F.F[P-](F)(F)(F)(F)F.[CH]1[CH][CH][CH][CH]1.[Co+2].c1ccc(P(CCP(c2ccccc2)c2ccccc2)c2ccccc2)cc1. The average molecular weight is 1040 g/mol. The summed E-state index contributed by atoms with van der Waals surface area (Å²) in [5.41, 5.74) is 0. The van der Waals surface area contributed by atoms with Crippen LogP contribution in [0.25, 0.3) is 0 Å². The van der Waals surface area contributed by atoms with Gasteiger partial charge in [-0.15, -0.1) is 0 Å². The van der Waals surface area contributed by atoms with Crippen molar-refractivity contribution < 1.29 is 108 Å². The van der Waals surface area contributed by atoms with Crippen molar-refractivity contribution in [2.24, 2.45) is 0 Å². The minimum absolute atomic E-state index is 0. The molecule has 1 fully saturated rings. The first-order valence-corrected chi connectivity index (χ1v) is 21.8. The molecule has 0 bridgehead atoms. The summed E-state index contributed by atoms with van der Waals surface area (Å²) in [6, 6.07) is 44.2. The van der Waals surface area contributed by atoms with E-state index in [1.54, 1.807) is 0 Å². The number of rotatable bonds is 12. The van der Waals surface area contributed by atoms with Crippen LogP contribution >= 0.6 is 23.7 Å². The van der Waals surface area contributed by atoms with Crippen LogP contribution in [0.2, 0.25) is 0 Å². The molecule has 0 spiro atoms. The van der Waals surface area contributed by atoms with Gasteiger partial charge in [0.1, 0.15) is 0 Å². The van der Waals surface area contributed by atoms with Crippen LogP contribution < -0.4 is 21.2 Å². The van der Waals surface area contributed by atoms with Crippen molar-refractivity contribution in [1.82, 2.24) is 0 Å². The van der Waals surface area contributed by atoms with Crippen molar-refractivity contribution in [3.8, 4) is 0 Å². The van der Waals surface area contributed by atoms with E-state index in [1.165, 1.54) is 33.5 Å². The van der Waals surface area contributed by atoms with E-state index < -0.39 is 50.0 Å². The Morgan fingerprint density at radius 2 is 0.571 bits per heavy atom. The molecule has 352 valence electrons. The summed E-state index contributed by atoms with van der Waals surface area (Å²) < 4.78 is 240. The van der Waals surface area contributed by atoms with E-state index >= 15 is 0 Å². The minimum Gasteiger partial charge on any atom is -0.0622 e. The van der Waals surface area contributed by atoms with Gasteiger partial charge in [-0.2, -0.15) is 48.3 Å². The molecule has 1 aliphatic rings. The molecular formula is C38H29CoF21P3. The smallest absolute Gasteiger partial charge is 0.0622 e. The second-order valence-corrected chi connectivity index (χ2v) is 18.8. The van der Waals surface area contributed by atoms with Gasteiger partial charge in [0.15, 0.2) is 0 Å². The molecule has 0 aromatic heterocycles. The Labute approximate surface area is 360 Å². The Hall–Kier alpha value is -2.79. The third-order valence-electron chi connectivity index (χ3n) is 7.54. The van der Waals surface area contributed by atoms with Gasteiger partial charge in [-0.25, -0.2) is 8.78 Å². The third-order valence-corrected chi connectivity index (χ3v) is 12.9. The fourth-order valence-electron chi connectivity index (χ4n) is 4.66. The first-order chi connectivity index (χ1) is 28.1. The normalized spacial score (nSPS) is 15.1. The predicted octanol–water partition coefficient (Wildman–Crippen LogP) is 14.8. The van der Waals surface area contributed by atoms with Crippen LogP contribution in [0.4, 0.5) is 91.0 Å². The van der Waals surface area contributed by atoms with Crippen LogP contribution in [0, 0.1) is 38.5 Å². The van der Waals surface area contributed by atoms with Gasteiger partial charge in [0.2, 0.25) is 0 Å². The molecule has 0 nitrogen and oxygen atoms in total. The fourth-order valence-corrected chi connectivity index (χ4v) is 10.0. The zero-order valence-electron chi connectivity index (χ0n) is 31.0. The summed E-state index contributed by atoms with van der Waals surface area (Å²) in [7, 11) is -11.4. The molecule has 5 rings (SSSR count). The predicted molar refractivity (Wildman–Crippen MR) is 199 cm³/mol. The average Bonchev–Trinajstić information content (AvgIpc) is 3.77. The van der Waals surface area contributed by atoms with Gasteiger partial charge in [0.25, 0.3) is 5.92 Å². The molecule has 0 N–H and O–H groups in total. The summed E-state index contributed by atoms with van der Waals surface area (Å²) in [4.78, 5) is 0. The van der Waals surface area contributed by atoms with Crippen LogP contribution in [0.15, 0.2) is 121 Å². The Balaban J connectivity index is 0.000000501. The number of hydrogen-bond acceptors (Lipinski definition) is 0. The molecule has 1 aliphatic carbocycles. The number of alkyl halides is 13. The molecule has 63 heavy (non-hydrogen) atoms. The Bertz CT molecular complexity index is 1730. The zero-order chi connectivity index (χ0) is 47.5. The second-order valence-electron chi connectivity index (χ2n) is 12.2. The summed E-state index contributed by atoms with van der Waals surface area (Å²) >= 11 is 0. The van der Waals surface area contributed by atoms with Crippen LogP contribution in [0.1, 0.15) is 0 Å². The molecular weight excluding hydrogens is 1010 g/mol. The van der Waals surface area contributed by atoms with E-state index in [9.17, 15) is 91.0 Å². The van der Waals surface area contributed by atoms with Gasteiger partial charge in [-0.3, -0.25) is 0 Å². The number of benzene rings is 4. The van der Waals surface area contributed by atoms with E-state index in [4.69, 9.17) is 0 Å². The number of hydrogen-bond donors (Lipinski definition) is 0. The van der Waals surface area contributed by atoms with Crippen LogP contribution in [0.5, 0.6) is 0 Å². The molecule has 4 aromatic rings. The van der Waals surface area contributed by atoms with Gasteiger partial charge in [0.05, 0.1) is 6.43 Å². The van der Waals surface area contributed by atoms with E-state index in [0.717, 1.165) is 0 Å². The van der Waals surface area contributed by atoms with Gasteiger partial charge >= 0.3 is 79.6 Å². The van der Waals surface area contributed by atoms with Crippen molar-refractivity contribution in [2.75, 3.05) is 12.3 Å². The molecule has 25 heteroatoms.